The molecule has 2 heteroatoms. The van der Waals surface area contributed by atoms with E-state index in [-0.39, 0.29) is 6.04 Å². The zero-order valence-corrected chi connectivity index (χ0v) is 10.4. The Labute approximate surface area is 107 Å². The van der Waals surface area contributed by atoms with Crippen molar-refractivity contribution in [3.05, 3.63) is 71.3 Å². The summed E-state index contributed by atoms with van der Waals surface area (Å²) < 4.78 is 0. The molecule has 1 aliphatic carbocycles. The summed E-state index contributed by atoms with van der Waals surface area (Å²) in [4.78, 5) is 0. The van der Waals surface area contributed by atoms with Crippen LogP contribution in [0.4, 0.5) is 5.69 Å². The number of likely N-dealkylation sites (N-methyl/N-ethyl adjacent to an activating group) is 1. The van der Waals surface area contributed by atoms with Gasteiger partial charge < -0.3 is 11.1 Å². The van der Waals surface area contributed by atoms with E-state index in [2.05, 4.69) is 41.7 Å². The second kappa shape index (κ2) is 4.31. The van der Waals surface area contributed by atoms with Crippen LogP contribution in [0.5, 0.6) is 0 Å². The molecule has 2 aromatic carbocycles. The maximum atomic E-state index is 5.87. The SMILES string of the molecule is CNC1C=C(c2cccc(N)c2)c2ccccc21. The quantitative estimate of drug-likeness (QED) is 0.787. The van der Waals surface area contributed by atoms with Crippen molar-refractivity contribution in [2.75, 3.05) is 12.8 Å². The van der Waals surface area contributed by atoms with Crippen molar-refractivity contribution in [2.45, 2.75) is 6.04 Å². The van der Waals surface area contributed by atoms with Crippen LogP contribution in [-0.2, 0) is 0 Å². The van der Waals surface area contributed by atoms with Crippen molar-refractivity contribution in [2.24, 2.45) is 0 Å². The van der Waals surface area contributed by atoms with E-state index in [9.17, 15) is 0 Å². The maximum Gasteiger partial charge on any atom is 0.0519 e. The smallest absolute Gasteiger partial charge is 0.0519 e. The molecule has 0 spiro atoms. The molecular weight excluding hydrogens is 220 g/mol. The highest BCUT2D eigenvalue weighted by molar-refractivity contribution is 5.86. The first kappa shape index (κ1) is 11.1. The maximum absolute atomic E-state index is 5.87. The molecule has 0 saturated heterocycles. The van der Waals surface area contributed by atoms with Crippen LogP contribution in [0.1, 0.15) is 22.7 Å². The van der Waals surface area contributed by atoms with Crippen molar-refractivity contribution in [1.82, 2.24) is 5.32 Å². The van der Waals surface area contributed by atoms with Gasteiger partial charge in [-0.3, -0.25) is 0 Å². The van der Waals surface area contributed by atoms with Crippen LogP contribution >= 0.6 is 0 Å². The van der Waals surface area contributed by atoms with Gasteiger partial charge >= 0.3 is 0 Å². The Morgan fingerprint density at radius 1 is 1.06 bits per heavy atom. The summed E-state index contributed by atoms with van der Waals surface area (Å²) in [5, 5.41) is 3.33. The fourth-order valence-corrected chi connectivity index (χ4v) is 2.56. The molecule has 0 amide bonds. The molecule has 3 N–H and O–H groups in total. The number of benzene rings is 2. The van der Waals surface area contributed by atoms with Gasteiger partial charge in [-0.25, -0.2) is 0 Å². The van der Waals surface area contributed by atoms with E-state index in [1.807, 2.05) is 25.2 Å². The zero-order chi connectivity index (χ0) is 12.5. The average Bonchev–Trinajstić information content (AvgIpc) is 2.77. The predicted molar refractivity (Wildman–Crippen MR) is 76.2 cm³/mol. The van der Waals surface area contributed by atoms with Crippen LogP contribution in [0, 0.1) is 0 Å². The van der Waals surface area contributed by atoms with E-state index in [1.54, 1.807) is 0 Å². The molecular formula is C16H16N2. The standard InChI is InChI=1S/C16H16N2/c1-18-16-10-15(11-5-4-6-12(17)9-11)13-7-2-3-8-14(13)16/h2-10,16,18H,17H2,1H3. The van der Waals surface area contributed by atoms with Crippen molar-refractivity contribution in [1.29, 1.82) is 0 Å². The monoisotopic (exact) mass is 236 g/mol. The Bertz CT molecular complexity index is 614. The summed E-state index contributed by atoms with van der Waals surface area (Å²) >= 11 is 0. The van der Waals surface area contributed by atoms with Crippen LogP contribution < -0.4 is 11.1 Å². The van der Waals surface area contributed by atoms with Gasteiger partial charge in [0.25, 0.3) is 0 Å². The third-order valence-corrected chi connectivity index (χ3v) is 3.43. The number of hydrogen-bond acceptors (Lipinski definition) is 2. The number of rotatable bonds is 2. The van der Waals surface area contributed by atoms with Crippen LogP contribution in [0.2, 0.25) is 0 Å². The highest BCUT2D eigenvalue weighted by Gasteiger charge is 2.22. The minimum Gasteiger partial charge on any atom is -0.399 e. The fourth-order valence-electron chi connectivity index (χ4n) is 2.56. The summed E-state index contributed by atoms with van der Waals surface area (Å²) in [7, 11) is 1.99. The van der Waals surface area contributed by atoms with E-state index < -0.39 is 0 Å². The molecule has 0 radical (unpaired) electrons. The van der Waals surface area contributed by atoms with Crippen LogP contribution in [0.3, 0.4) is 0 Å². The highest BCUT2D eigenvalue weighted by Crippen LogP contribution is 2.38. The van der Waals surface area contributed by atoms with E-state index in [0.29, 0.717) is 0 Å². The first-order chi connectivity index (χ1) is 8.79. The summed E-state index contributed by atoms with van der Waals surface area (Å²) in [6, 6.07) is 16.8. The number of nitrogen functional groups attached to an aromatic ring is 1. The Morgan fingerprint density at radius 2 is 1.89 bits per heavy atom. The zero-order valence-electron chi connectivity index (χ0n) is 10.4. The lowest BCUT2D eigenvalue weighted by Gasteiger charge is -2.08. The molecule has 0 aromatic heterocycles. The van der Waals surface area contributed by atoms with Gasteiger partial charge in [0, 0.05) is 5.69 Å². The summed E-state index contributed by atoms with van der Waals surface area (Å²) in [5.41, 5.74) is 11.7. The van der Waals surface area contributed by atoms with Gasteiger partial charge in [0.05, 0.1) is 6.04 Å². The van der Waals surface area contributed by atoms with E-state index in [0.717, 1.165) is 5.69 Å². The molecule has 18 heavy (non-hydrogen) atoms. The van der Waals surface area contributed by atoms with Gasteiger partial charge in [-0.15, -0.1) is 0 Å². The number of fused-ring (bicyclic) bond motifs is 1. The van der Waals surface area contributed by atoms with E-state index >= 15 is 0 Å². The van der Waals surface area contributed by atoms with Crippen molar-refractivity contribution in [3.8, 4) is 0 Å². The van der Waals surface area contributed by atoms with E-state index in [1.165, 1.54) is 22.3 Å². The summed E-state index contributed by atoms with van der Waals surface area (Å²) in [6.45, 7) is 0. The van der Waals surface area contributed by atoms with Crippen molar-refractivity contribution >= 4 is 11.3 Å². The molecule has 0 bridgehead atoms. The molecule has 0 heterocycles. The van der Waals surface area contributed by atoms with E-state index in [4.69, 9.17) is 5.73 Å². The fraction of sp³-hybridized carbons (Fsp3) is 0.125. The number of hydrogen-bond donors (Lipinski definition) is 2. The number of nitrogens with two attached hydrogens (primary N) is 1. The van der Waals surface area contributed by atoms with Gasteiger partial charge in [-0.2, -0.15) is 0 Å². The molecule has 1 unspecified atom stereocenters. The normalized spacial score (nSPS) is 17.4. The molecule has 2 nitrogen and oxygen atoms in total. The highest BCUT2D eigenvalue weighted by atomic mass is 14.9. The molecule has 0 aliphatic heterocycles. The molecule has 90 valence electrons. The Kier molecular flexibility index (Phi) is 2.65. The Hall–Kier alpha value is -2.06. The van der Waals surface area contributed by atoms with Crippen molar-refractivity contribution in [3.63, 3.8) is 0 Å². The molecule has 3 rings (SSSR count). The third kappa shape index (κ3) is 1.71. The minimum absolute atomic E-state index is 0.289. The molecule has 2 aromatic rings. The first-order valence-corrected chi connectivity index (χ1v) is 6.14. The topological polar surface area (TPSA) is 38.0 Å². The molecule has 0 fully saturated rings. The Morgan fingerprint density at radius 3 is 2.67 bits per heavy atom. The first-order valence-electron chi connectivity index (χ1n) is 6.14. The lowest BCUT2D eigenvalue weighted by Crippen LogP contribution is -2.11. The second-order valence-corrected chi connectivity index (χ2v) is 4.56. The molecule has 1 aliphatic rings. The number of nitrogens with one attached hydrogen (secondary N) is 1. The predicted octanol–water partition coefficient (Wildman–Crippen LogP) is 2.97. The lowest BCUT2D eigenvalue weighted by molar-refractivity contribution is 0.725. The van der Waals surface area contributed by atoms with Crippen LogP contribution in [0.25, 0.3) is 5.57 Å². The average molecular weight is 236 g/mol. The Balaban J connectivity index is 2.14. The van der Waals surface area contributed by atoms with Gasteiger partial charge in [0.15, 0.2) is 0 Å². The van der Waals surface area contributed by atoms with Gasteiger partial charge in [-0.1, -0.05) is 42.5 Å². The number of anilines is 1. The third-order valence-electron chi connectivity index (χ3n) is 3.43. The molecule has 1 atom stereocenters. The lowest BCUT2D eigenvalue weighted by atomic mass is 9.99. The van der Waals surface area contributed by atoms with Crippen molar-refractivity contribution < 1.29 is 0 Å². The van der Waals surface area contributed by atoms with Crippen LogP contribution in [-0.4, -0.2) is 7.05 Å². The largest absolute Gasteiger partial charge is 0.399 e. The van der Waals surface area contributed by atoms with Crippen LogP contribution in [0.15, 0.2) is 54.6 Å². The summed E-state index contributed by atoms with van der Waals surface area (Å²) in [5.74, 6) is 0. The van der Waals surface area contributed by atoms with Gasteiger partial charge in [-0.05, 0) is 41.4 Å². The minimum atomic E-state index is 0.289. The van der Waals surface area contributed by atoms with Gasteiger partial charge in [0.1, 0.15) is 0 Å². The molecule has 0 saturated carbocycles. The van der Waals surface area contributed by atoms with Gasteiger partial charge in [0.2, 0.25) is 0 Å². The second-order valence-electron chi connectivity index (χ2n) is 4.56. The summed E-state index contributed by atoms with van der Waals surface area (Å²) in [6.07, 6.45) is 2.26.